The van der Waals surface area contributed by atoms with Gasteiger partial charge in [0.2, 0.25) is 0 Å². The third-order valence-corrected chi connectivity index (χ3v) is 2.51. The minimum absolute atomic E-state index is 0. The number of aryl methyl sites for hydroxylation is 2. The van der Waals surface area contributed by atoms with Crippen LogP contribution in [0.15, 0.2) is 48.5 Å². The van der Waals surface area contributed by atoms with E-state index in [0.29, 0.717) is 0 Å². The van der Waals surface area contributed by atoms with E-state index in [-0.39, 0.29) is 7.43 Å². The summed E-state index contributed by atoms with van der Waals surface area (Å²) >= 11 is 0. The van der Waals surface area contributed by atoms with Crippen LogP contribution < -0.4 is 0 Å². The summed E-state index contributed by atoms with van der Waals surface area (Å²) in [6.45, 7) is 4.26. The molecule has 0 heteroatoms. The Balaban J connectivity index is 0.00000112. The molecule has 0 N–H and O–H groups in total. The van der Waals surface area contributed by atoms with Crippen LogP contribution in [0.3, 0.4) is 0 Å². The highest BCUT2D eigenvalue weighted by Crippen LogP contribution is 2.22. The predicted octanol–water partition coefficient (Wildman–Crippen LogP) is 4.61. The zero-order valence-electron chi connectivity index (χ0n) is 8.62. The molecule has 0 heterocycles. The van der Waals surface area contributed by atoms with Gasteiger partial charge in [0.15, 0.2) is 0 Å². The molecule has 0 aliphatic heterocycles. The van der Waals surface area contributed by atoms with Crippen molar-refractivity contribution in [1.82, 2.24) is 0 Å². The van der Waals surface area contributed by atoms with Crippen LogP contribution in [0, 0.1) is 13.8 Å². The van der Waals surface area contributed by atoms with Crippen LogP contribution in [0.2, 0.25) is 0 Å². The average molecular weight is 198 g/mol. The monoisotopic (exact) mass is 198 g/mol. The van der Waals surface area contributed by atoms with Crippen LogP contribution in [-0.4, -0.2) is 0 Å². The van der Waals surface area contributed by atoms with E-state index in [1.54, 1.807) is 0 Å². The maximum atomic E-state index is 2.18. The average Bonchev–Trinajstić information content (AvgIpc) is 2.20. The molecule has 0 bridgehead atoms. The van der Waals surface area contributed by atoms with E-state index in [9.17, 15) is 0 Å². The van der Waals surface area contributed by atoms with Crippen LogP contribution in [0.5, 0.6) is 0 Å². The van der Waals surface area contributed by atoms with Crippen LogP contribution in [0.4, 0.5) is 0 Å². The SMILES string of the molecule is C.Cc1ccc(-c2ccccc2C)cc1. The first-order chi connectivity index (χ1) is 6.77. The second-order valence-electron chi connectivity index (χ2n) is 3.68. The Hall–Kier alpha value is -1.56. The minimum atomic E-state index is 0. The lowest BCUT2D eigenvalue weighted by atomic mass is 10.00. The van der Waals surface area contributed by atoms with Gasteiger partial charge in [0.05, 0.1) is 0 Å². The molecule has 0 saturated carbocycles. The van der Waals surface area contributed by atoms with Crippen molar-refractivity contribution in [2.75, 3.05) is 0 Å². The van der Waals surface area contributed by atoms with Gasteiger partial charge in [0, 0.05) is 0 Å². The Bertz CT molecular complexity index is 424. The molecule has 0 spiro atoms. The van der Waals surface area contributed by atoms with Gasteiger partial charge in [0.25, 0.3) is 0 Å². The van der Waals surface area contributed by atoms with E-state index in [1.165, 1.54) is 22.3 Å². The van der Waals surface area contributed by atoms with Gasteiger partial charge in [0.1, 0.15) is 0 Å². The lowest BCUT2D eigenvalue weighted by Crippen LogP contribution is -1.82. The summed E-state index contributed by atoms with van der Waals surface area (Å²) in [7, 11) is 0. The highest BCUT2D eigenvalue weighted by atomic mass is 14.0. The molecule has 0 atom stereocenters. The molecule has 0 saturated heterocycles. The summed E-state index contributed by atoms with van der Waals surface area (Å²) in [5, 5.41) is 0. The van der Waals surface area contributed by atoms with E-state index in [0.717, 1.165) is 0 Å². The first-order valence-corrected chi connectivity index (χ1v) is 4.90. The largest absolute Gasteiger partial charge is 0.0776 e. The second kappa shape index (κ2) is 4.79. The van der Waals surface area contributed by atoms with Crippen molar-refractivity contribution in [2.24, 2.45) is 0 Å². The van der Waals surface area contributed by atoms with Gasteiger partial charge in [-0.15, -0.1) is 0 Å². The lowest BCUT2D eigenvalue weighted by Gasteiger charge is -2.05. The summed E-state index contributed by atoms with van der Waals surface area (Å²) in [5.41, 5.74) is 5.26. The van der Waals surface area contributed by atoms with Crippen LogP contribution in [0.25, 0.3) is 11.1 Å². The molecule has 0 radical (unpaired) electrons. The Kier molecular flexibility index (Phi) is 3.68. The van der Waals surface area contributed by atoms with Crippen molar-refractivity contribution in [3.8, 4) is 11.1 Å². The highest BCUT2D eigenvalue weighted by Gasteiger charge is 1.98. The Morgan fingerprint density at radius 1 is 0.733 bits per heavy atom. The molecule has 15 heavy (non-hydrogen) atoms. The van der Waals surface area contributed by atoms with Crippen molar-refractivity contribution in [2.45, 2.75) is 21.3 Å². The second-order valence-corrected chi connectivity index (χ2v) is 3.68. The van der Waals surface area contributed by atoms with Crippen molar-refractivity contribution < 1.29 is 0 Å². The van der Waals surface area contributed by atoms with Gasteiger partial charge in [-0.1, -0.05) is 61.5 Å². The highest BCUT2D eigenvalue weighted by molar-refractivity contribution is 5.67. The topological polar surface area (TPSA) is 0 Å². The molecule has 0 aliphatic carbocycles. The molecular formula is C15H18. The summed E-state index contributed by atoms with van der Waals surface area (Å²) in [6, 6.07) is 17.1. The van der Waals surface area contributed by atoms with E-state index in [1.807, 2.05) is 0 Å². The maximum Gasteiger partial charge on any atom is -0.0155 e. The van der Waals surface area contributed by atoms with E-state index >= 15 is 0 Å². The Morgan fingerprint density at radius 3 is 1.93 bits per heavy atom. The summed E-state index contributed by atoms with van der Waals surface area (Å²) < 4.78 is 0. The molecule has 2 aromatic rings. The maximum absolute atomic E-state index is 2.18. The van der Waals surface area contributed by atoms with Gasteiger partial charge in [-0.2, -0.15) is 0 Å². The van der Waals surface area contributed by atoms with E-state index in [4.69, 9.17) is 0 Å². The first-order valence-electron chi connectivity index (χ1n) is 4.90. The third-order valence-electron chi connectivity index (χ3n) is 2.51. The van der Waals surface area contributed by atoms with Crippen molar-refractivity contribution in [3.63, 3.8) is 0 Å². The van der Waals surface area contributed by atoms with Gasteiger partial charge in [-0.05, 0) is 30.5 Å². The molecule has 0 aromatic heterocycles. The van der Waals surface area contributed by atoms with Gasteiger partial charge in [-0.25, -0.2) is 0 Å². The molecule has 0 amide bonds. The summed E-state index contributed by atoms with van der Waals surface area (Å²) in [5.74, 6) is 0. The van der Waals surface area contributed by atoms with E-state index < -0.39 is 0 Å². The fourth-order valence-electron chi connectivity index (χ4n) is 1.63. The number of hydrogen-bond acceptors (Lipinski definition) is 0. The van der Waals surface area contributed by atoms with Crippen molar-refractivity contribution >= 4 is 0 Å². The standard InChI is InChI=1S/C14H14.CH4/c1-11-7-9-13(10-8-11)14-6-4-3-5-12(14)2;/h3-10H,1-2H3;1H4. The normalized spacial score (nSPS) is 9.47. The first kappa shape index (κ1) is 11.5. The Morgan fingerprint density at radius 2 is 1.33 bits per heavy atom. The van der Waals surface area contributed by atoms with Gasteiger partial charge >= 0.3 is 0 Å². The van der Waals surface area contributed by atoms with Crippen LogP contribution in [-0.2, 0) is 0 Å². The van der Waals surface area contributed by atoms with Gasteiger partial charge < -0.3 is 0 Å². The Labute approximate surface area is 92.6 Å². The molecule has 78 valence electrons. The molecule has 0 fully saturated rings. The predicted molar refractivity (Wildman–Crippen MR) is 68.1 cm³/mol. The smallest absolute Gasteiger partial charge is 0.0155 e. The quantitative estimate of drug-likeness (QED) is 0.628. The van der Waals surface area contributed by atoms with E-state index in [2.05, 4.69) is 62.4 Å². The van der Waals surface area contributed by atoms with Crippen molar-refractivity contribution in [3.05, 3.63) is 59.7 Å². The molecular weight excluding hydrogens is 180 g/mol. The number of benzene rings is 2. The molecule has 0 nitrogen and oxygen atoms in total. The summed E-state index contributed by atoms with van der Waals surface area (Å²) in [4.78, 5) is 0. The number of rotatable bonds is 1. The third kappa shape index (κ3) is 2.47. The van der Waals surface area contributed by atoms with Crippen molar-refractivity contribution in [1.29, 1.82) is 0 Å². The lowest BCUT2D eigenvalue weighted by molar-refractivity contribution is 1.43. The minimum Gasteiger partial charge on any atom is -0.0776 e. The summed E-state index contributed by atoms with van der Waals surface area (Å²) in [6.07, 6.45) is 0. The fourth-order valence-corrected chi connectivity index (χ4v) is 1.63. The molecule has 0 unspecified atom stereocenters. The van der Waals surface area contributed by atoms with Crippen LogP contribution >= 0.6 is 0 Å². The van der Waals surface area contributed by atoms with Gasteiger partial charge in [-0.3, -0.25) is 0 Å². The molecule has 2 aromatic carbocycles. The molecule has 2 rings (SSSR count). The fraction of sp³-hybridized carbons (Fsp3) is 0.200. The zero-order valence-corrected chi connectivity index (χ0v) is 8.62. The molecule has 0 aliphatic rings. The number of hydrogen-bond donors (Lipinski definition) is 0. The zero-order chi connectivity index (χ0) is 9.97. The van der Waals surface area contributed by atoms with Crippen LogP contribution in [0.1, 0.15) is 18.6 Å².